The maximum absolute atomic E-state index is 11.3. The number of carbonyl (C=O) groups is 2. The molecule has 3 heteroatoms. The first kappa shape index (κ1) is 10.4. The molecule has 1 N–H and O–H groups in total. The largest absolute Gasteiger partial charge is 0.481 e. The number of hydrogen-bond acceptors (Lipinski definition) is 2. The van der Waals surface area contributed by atoms with Crippen molar-refractivity contribution in [3.8, 4) is 0 Å². The molecule has 0 heterocycles. The van der Waals surface area contributed by atoms with Crippen molar-refractivity contribution in [1.82, 2.24) is 0 Å². The first-order valence-corrected chi connectivity index (χ1v) is 5.63. The molecule has 2 atom stereocenters. The topological polar surface area (TPSA) is 54.4 Å². The lowest BCUT2D eigenvalue weighted by atomic mass is 9.71. The van der Waals surface area contributed by atoms with E-state index in [2.05, 4.69) is 0 Å². The summed E-state index contributed by atoms with van der Waals surface area (Å²) in [6, 6.07) is 0. The maximum atomic E-state index is 11.3. The van der Waals surface area contributed by atoms with Crippen molar-refractivity contribution in [2.24, 2.45) is 11.8 Å². The highest BCUT2D eigenvalue weighted by Crippen LogP contribution is 2.40. The van der Waals surface area contributed by atoms with Crippen molar-refractivity contribution in [1.29, 1.82) is 0 Å². The third kappa shape index (κ3) is 2.28. The summed E-state index contributed by atoms with van der Waals surface area (Å²) in [5, 5.41) is 8.81. The third-order valence-corrected chi connectivity index (χ3v) is 3.54. The van der Waals surface area contributed by atoms with Gasteiger partial charge in [-0.3, -0.25) is 9.59 Å². The number of fused-ring (bicyclic) bond motifs is 1. The fourth-order valence-corrected chi connectivity index (χ4v) is 2.83. The van der Waals surface area contributed by atoms with Gasteiger partial charge in [0.1, 0.15) is 0 Å². The Morgan fingerprint density at radius 3 is 2.93 bits per heavy atom. The van der Waals surface area contributed by atoms with Gasteiger partial charge >= 0.3 is 5.97 Å². The van der Waals surface area contributed by atoms with Gasteiger partial charge in [0.25, 0.3) is 0 Å². The molecule has 2 rings (SSSR count). The Labute approximate surface area is 89.2 Å². The van der Waals surface area contributed by atoms with Crippen LogP contribution in [0.5, 0.6) is 0 Å². The van der Waals surface area contributed by atoms with Gasteiger partial charge in [0.05, 0.1) is 6.42 Å². The molecule has 15 heavy (non-hydrogen) atoms. The molecule has 3 nitrogen and oxygen atoms in total. The smallest absolute Gasteiger partial charge is 0.303 e. The van der Waals surface area contributed by atoms with E-state index in [9.17, 15) is 9.59 Å². The van der Waals surface area contributed by atoms with Crippen LogP contribution >= 0.6 is 0 Å². The van der Waals surface area contributed by atoms with Crippen LogP contribution in [0, 0.1) is 11.8 Å². The number of aliphatic carboxylic acids is 1. The van der Waals surface area contributed by atoms with Crippen molar-refractivity contribution < 1.29 is 14.7 Å². The van der Waals surface area contributed by atoms with Gasteiger partial charge in [-0.25, -0.2) is 0 Å². The molecule has 1 saturated carbocycles. The van der Waals surface area contributed by atoms with Crippen LogP contribution in [-0.2, 0) is 9.59 Å². The average Bonchev–Trinajstić information content (AvgIpc) is 2.18. The first-order chi connectivity index (χ1) is 7.16. The molecule has 2 aliphatic carbocycles. The molecule has 0 radical (unpaired) electrons. The highest BCUT2D eigenvalue weighted by molar-refractivity contribution is 5.91. The van der Waals surface area contributed by atoms with Gasteiger partial charge in [-0.05, 0) is 37.2 Å². The van der Waals surface area contributed by atoms with Crippen molar-refractivity contribution in [3.63, 3.8) is 0 Å². The summed E-state index contributed by atoms with van der Waals surface area (Å²) in [6.45, 7) is 0. The van der Waals surface area contributed by atoms with Crippen LogP contribution in [0.2, 0.25) is 0 Å². The van der Waals surface area contributed by atoms with Gasteiger partial charge in [-0.2, -0.15) is 0 Å². The van der Waals surface area contributed by atoms with Crippen LogP contribution in [0.25, 0.3) is 0 Å². The monoisotopic (exact) mass is 208 g/mol. The predicted molar refractivity (Wildman–Crippen MR) is 55.4 cm³/mol. The number of carboxylic acids is 1. The summed E-state index contributed by atoms with van der Waals surface area (Å²) < 4.78 is 0. The van der Waals surface area contributed by atoms with Crippen LogP contribution in [0.4, 0.5) is 0 Å². The Morgan fingerprint density at radius 2 is 2.20 bits per heavy atom. The van der Waals surface area contributed by atoms with Gasteiger partial charge in [0, 0.05) is 6.42 Å². The molecule has 0 aromatic rings. The standard InChI is InChI=1S/C12H16O3/c13-10-5-4-8-2-1-3-9(6-12(14)15)11(8)7-10/h7-9H,1-6H2,(H,14,15)/t8-,9+/m1/s1. The van der Waals surface area contributed by atoms with Gasteiger partial charge in [0.2, 0.25) is 0 Å². The van der Waals surface area contributed by atoms with Gasteiger partial charge in [-0.1, -0.05) is 12.0 Å². The lowest BCUT2D eigenvalue weighted by molar-refractivity contribution is -0.138. The van der Waals surface area contributed by atoms with Crippen molar-refractivity contribution in [2.75, 3.05) is 0 Å². The molecule has 82 valence electrons. The minimum atomic E-state index is -0.750. The molecule has 0 aromatic carbocycles. The van der Waals surface area contributed by atoms with Gasteiger partial charge in [0.15, 0.2) is 5.78 Å². The number of hydrogen-bond donors (Lipinski definition) is 1. The zero-order valence-electron chi connectivity index (χ0n) is 8.74. The number of carbonyl (C=O) groups excluding carboxylic acids is 1. The van der Waals surface area contributed by atoms with Crippen LogP contribution in [-0.4, -0.2) is 16.9 Å². The first-order valence-electron chi connectivity index (χ1n) is 5.63. The maximum Gasteiger partial charge on any atom is 0.303 e. The molecular formula is C12H16O3. The second kappa shape index (κ2) is 4.17. The van der Waals surface area contributed by atoms with E-state index in [0.717, 1.165) is 31.3 Å². The molecule has 0 spiro atoms. The summed E-state index contributed by atoms with van der Waals surface area (Å²) >= 11 is 0. The van der Waals surface area contributed by atoms with E-state index in [4.69, 9.17) is 5.11 Å². The predicted octanol–water partition coefficient (Wildman–Crippen LogP) is 2.17. The van der Waals surface area contributed by atoms with Crippen molar-refractivity contribution in [3.05, 3.63) is 11.6 Å². The molecule has 0 unspecified atom stereocenters. The Hall–Kier alpha value is -1.12. The minimum absolute atomic E-state index is 0.116. The van der Waals surface area contributed by atoms with Gasteiger partial charge < -0.3 is 5.11 Å². The van der Waals surface area contributed by atoms with Crippen LogP contribution < -0.4 is 0 Å². The Bertz CT molecular complexity index is 317. The quantitative estimate of drug-likeness (QED) is 0.756. The lowest BCUT2D eigenvalue weighted by Gasteiger charge is -2.34. The van der Waals surface area contributed by atoms with E-state index in [1.807, 2.05) is 0 Å². The molecule has 0 amide bonds. The van der Waals surface area contributed by atoms with E-state index in [1.165, 1.54) is 0 Å². The fourth-order valence-electron chi connectivity index (χ4n) is 2.83. The second-order valence-corrected chi connectivity index (χ2v) is 4.57. The molecule has 0 aliphatic heterocycles. The van der Waals surface area contributed by atoms with Crippen molar-refractivity contribution >= 4 is 11.8 Å². The molecule has 2 aliphatic rings. The number of ketones is 1. The van der Waals surface area contributed by atoms with Crippen molar-refractivity contribution in [2.45, 2.75) is 38.5 Å². The average molecular weight is 208 g/mol. The summed E-state index contributed by atoms with van der Waals surface area (Å²) in [7, 11) is 0. The summed E-state index contributed by atoms with van der Waals surface area (Å²) in [6.07, 6.45) is 6.66. The normalized spacial score (nSPS) is 30.7. The van der Waals surface area contributed by atoms with E-state index in [0.29, 0.717) is 12.3 Å². The molecule has 1 fully saturated rings. The molecule has 0 bridgehead atoms. The summed E-state index contributed by atoms with van der Waals surface area (Å²) in [4.78, 5) is 22.0. The fraction of sp³-hybridized carbons (Fsp3) is 0.667. The van der Waals surface area contributed by atoms with E-state index >= 15 is 0 Å². The Morgan fingerprint density at radius 1 is 1.40 bits per heavy atom. The zero-order chi connectivity index (χ0) is 10.8. The van der Waals surface area contributed by atoms with E-state index in [1.54, 1.807) is 6.08 Å². The van der Waals surface area contributed by atoms with E-state index < -0.39 is 5.97 Å². The number of carboxylic acid groups (broad SMARTS) is 1. The van der Waals surface area contributed by atoms with Crippen LogP contribution in [0.3, 0.4) is 0 Å². The SMILES string of the molecule is O=C(O)C[C@@H]1CCC[C@@H]2CCC(=O)C=C21. The number of allylic oxidation sites excluding steroid dienone is 2. The lowest BCUT2D eigenvalue weighted by Crippen LogP contribution is -2.26. The highest BCUT2D eigenvalue weighted by atomic mass is 16.4. The van der Waals surface area contributed by atoms with E-state index in [-0.39, 0.29) is 18.1 Å². The molecule has 0 saturated heterocycles. The minimum Gasteiger partial charge on any atom is -0.481 e. The number of rotatable bonds is 2. The summed E-state index contributed by atoms with van der Waals surface area (Å²) in [5.74, 6) is 0.0319. The Balaban J connectivity index is 2.16. The van der Waals surface area contributed by atoms with Crippen LogP contribution in [0.1, 0.15) is 38.5 Å². The van der Waals surface area contributed by atoms with Gasteiger partial charge in [-0.15, -0.1) is 0 Å². The molecule has 0 aromatic heterocycles. The Kier molecular flexibility index (Phi) is 2.89. The highest BCUT2D eigenvalue weighted by Gasteiger charge is 2.31. The zero-order valence-corrected chi connectivity index (χ0v) is 8.74. The third-order valence-electron chi connectivity index (χ3n) is 3.54. The second-order valence-electron chi connectivity index (χ2n) is 4.57. The molecular weight excluding hydrogens is 192 g/mol. The van der Waals surface area contributed by atoms with Crippen LogP contribution in [0.15, 0.2) is 11.6 Å². The summed E-state index contributed by atoms with van der Waals surface area (Å²) in [5.41, 5.74) is 1.12.